The van der Waals surface area contributed by atoms with Crippen molar-refractivity contribution in [2.45, 2.75) is 0 Å². The average Bonchev–Trinajstić information content (AvgIpc) is 3.12. The molecule has 94 valence electrons. The van der Waals surface area contributed by atoms with Crippen LogP contribution in [0.15, 0.2) is 48.5 Å². The van der Waals surface area contributed by atoms with Crippen LogP contribution in [-0.2, 0) is 0 Å². The van der Waals surface area contributed by atoms with E-state index >= 15 is 0 Å². The molecule has 0 saturated heterocycles. The van der Waals surface area contributed by atoms with E-state index in [4.69, 9.17) is 0 Å². The molecule has 3 aromatic heterocycles. The number of thiophene rings is 1. The predicted molar refractivity (Wildman–Crippen MR) is 81.2 cm³/mol. The molecule has 0 spiro atoms. The molecular weight excluding hydrogens is 268 g/mol. The zero-order valence-electron chi connectivity index (χ0n) is 10.3. The first-order valence-electron chi connectivity index (χ1n) is 6.33. The number of pyridine rings is 1. The lowest BCUT2D eigenvalue weighted by Gasteiger charge is -2.02. The fourth-order valence-electron chi connectivity index (χ4n) is 2.83. The van der Waals surface area contributed by atoms with Crippen molar-refractivity contribution in [2.24, 2.45) is 0 Å². The van der Waals surface area contributed by atoms with Crippen molar-refractivity contribution < 1.29 is 0 Å². The Morgan fingerprint density at radius 3 is 2.65 bits per heavy atom. The lowest BCUT2D eigenvalue weighted by atomic mass is 10.1. The van der Waals surface area contributed by atoms with E-state index in [1.54, 1.807) is 11.3 Å². The van der Waals surface area contributed by atoms with Gasteiger partial charge in [0.25, 0.3) is 0 Å². The third kappa shape index (κ3) is 1.13. The Kier molecular flexibility index (Phi) is 1.81. The van der Waals surface area contributed by atoms with Crippen LogP contribution in [-0.4, -0.2) is 20.0 Å². The van der Waals surface area contributed by atoms with Crippen LogP contribution in [0.5, 0.6) is 0 Å². The van der Waals surface area contributed by atoms with E-state index in [1.807, 2.05) is 10.6 Å². The molecule has 0 saturated carbocycles. The Balaban J connectivity index is 2.27. The van der Waals surface area contributed by atoms with Crippen molar-refractivity contribution in [1.29, 1.82) is 0 Å². The molecule has 4 nitrogen and oxygen atoms in total. The minimum Gasteiger partial charge on any atom is -0.191 e. The van der Waals surface area contributed by atoms with E-state index < -0.39 is 0 Å². The summed E-state index contributed by atoms with van der Waals surface area (Å²) in [5.74, 6) is 0. The van der Waals surface area contributed by atoms with E-state index in [0.717, 1.165) is 15.9 Å². The number of benzene rings is 2. The zero-order chi connectivity index (χ0) is 13.1. The number of fused-ring (bicyclic) bond motifs is 8. The van der Waals surface area contributed by atoms with Crippen molar-refractivity contribution in [1.82, 2.24) is 20.0 Å². The summed E-state index contributed by atoms with van der Waals surface area (Å²) in [6, 6.07) is 16.7. The second kappa shape index (κ2) is 3.52. The van der Waals surface area contributed by atoms with Gasteiger partial charge in [-0.15, -0.1) is 16.4 Å². The standard InChI is InChI=1S/C15H8N4S/c1-3-7-11-9(5-1)13-10-6-2-4-8-12(10)20-14(13)15-16-17-18-19(11)15/h1-8H. The van der Waals surface area contributed by atoms with Crippen LogP contribution in [0.2, 0.25) is 0 Å². The third-order valence-electron chi connectivity index (χ3n) is 3.67. The summed E-state index contributed by atoms with van der Waals surface area (Å²) in [5.41, 5.74) is 1.88. The Labute approximate surface area is 117 Å². The number of tetrazole rings is 1. The molecular formula is C15H8N4S. The Morgan fingerprint density at radius 1 is 0.900 bits per heavy atom. The van der Waals surface area contributed by atoms with Gasteiger partial charge in [0.15, 0.2) is 5.65 Å². The summed E-state index contributed by atoms with van der Waals surface area (Å²) in [4.78, 5) is 0. The number of nitrogens with zero attached hydrogens (tertiary/aromatic N) is 4. The molecule has 0 aliphatic carbocycles. The molecule has 0 aliphatic rings. The summed E-state index contributed by atoms with van der Waals surface area (Å²) in [6.07, 6.45) is 0. The summed E-state index contributed by atoms with van der Waals surface area (Å²) in [6.45, 7) is 0. The van der Waals surface area contributed by atoms with Crippen molar-refractivity contribution in [3.63, 3.8) is 0 Å². The molecule has 0 atom stereocenters. The molecule has 0 radical (unpaired) electrons. The maximum absolute atomic E-state index is 4.20. The van der Waals surface area contributed by atoms with Crippen molar-refractivity contribution >= 4 is 48.1 Å². The summed E-state index contributed by atoms with van der Waals surface area (Å²) < 4.78 is 4.24. The van der Waals surface area contributed by atoms with E-state index in [2.05, 4.69) is 58.0 Å². The third-order valence-corrected chi connectivity index (χ3v) is 4.84. The summed E-state index contributed by atoms with van der Waals surface area (Å²) >= 11 is 1.75. The number of para-hydroxylation sites is 1. The minimum absolute atomic E-state index is 0.833. The van der Waals surface area contributed by atoms with E-state index in [1.165, 1.54) is 20.9 Å². The zero-order valence-corrected chi connectivity index (χ0v) is 11.1. The Bertz CT molecular complexity index is 1100. The van der Waals surface area contributed by atoms with Crippen LogP contribution < -0.4 is 0 Å². The first-order valence-corrected chi connectivity index (χ1v) is 7.15. The maximum atomic E-state index is 4.20. The molecule has 0 N–H and O–H groups in total. The van der Waals surface area contributed by atoms with Gasteiger partial charge in [-0.1, -0.05) is 36.4 Å². The fourth-order valence-corrected chi connectivity index (χ4v) is 4.02. The van der Waals surface area contributed by atoms with Gasteiger partial charge in [-0.3, -0.25) is 0 Å². The lowest BCUT2D eigenvalue weighted by molar-refractivity contribution is 0.842. The van der Waals surface area contributed by atoms with Gasteiger partial charge in [-0.25, -0.2) is 0 Å². The molecule has 3 heterocycles. The van der Waals surface area contributed by atoms with Crippen LogP contribution in [0.1, 0.15) is 0 Å². The van der Waals surface area contributed by atoms with Gasteiger partial charge < -0.3 is 0 Å². The maximum Gasteiger partial charge on any atom is 0.197 e. The fraction of sp³-hybridized carbons (Fsp3) is 0. The number of aromatic nitrogens is 4. The number of hydrogen-bond acceptors (Lipinski definition) is 4. The van der Waals surface area contributed by atoms with Gasteiger partial charge >= 0.3 is 0 Å². The predicted octanol–water partition coefficient (Wildman–Crippen LogP) is 3.65. The van der Waals surface area contributed by atoms with Gasteiger partial charge in [0.05, 0.1) is 10.2 Å². The monoisotopic (exact) mass is 276 g/mol. The molecule has 0 amide bonds. The molecule has 0 bridgehead atoms. The SMILES string of the molecule is c1ccc2c(c1)sc1c2c2ccccc2n2nnnc12. The molecule has 5 aromatic rings. The lowest BCUT2D eigenvalue weighted by Crippen LogP contribution is -1.91. The van der Waals surface area contributed by atoms with Crippen LogP contribution in [0.25, 0.3) is 36.7 Å². The summed E-state index contributed by atoms with van der Waals surface area (Å²) in [7, 11) is 0. The Hall–Kier alpha value is -2.53. The van der Waals surface area contributed by atoms with Gasteiger partial charge in [0.1, 0.15) is 0 Å². The highest BCUT2D eigenvalue weighted by Gasteiger charge is 2.15. The van der Waals surface area contributed by atoms with E-state index in [-0.39, 0.29) is 0 Å². The number of rotatable bonds is 0. The largest absolute Gasteiger partial charge is 0.197 e. The molecule has 2 aromatic carbocycles. The van der Waals surface area contributed by atoms with Crippen molar-refractivity contribution in [2.75, 3.05) is 0 Å². The van der Waals surface area contributed by atoms with Crippen LogP contribution in [0.4, 0.5) is 0 Å². The minimum atomic E-state index is 0.833. The highest BCUT2D eigenvalue weighted by molar-refractivity contribution is 7.26. The second-order valence-corrected chi connectivity index (χ2v) is 5.79. The smallest absolute Gasteiger partial charge is 0.191 e. The van der Waals surface area contributed by atoms with E-state index in [9.17, 15) is 0 Å². The quantitative estimate of drug-likeness (QED) is 0.433. The van der Waals surface area contributed by atoms with Crippen LogP contribution >= 0.6 is 11.3 Å². The first kappa shape index (κ1) is 10.3. The van der Waals surface area contributed by atoms with Gasteiger partial charge in [-0.05, 0) is 22.6 Å². The van der Waals surface area contributed by atoms with Gasteiger partial charge in [-0.2, -0.15) is 4.52 Å². The molecule has 0 fully saturated rings. The topological polar surface area (TPSA) is 43.1 Å². The molecule has 0 aliphatic heterocycles. The number of hydrogen-bond donors (Lipinski definition) is 0. The van der Waals surface area contributed by atoms with Crippen LogP contribution in [0.3, 0.4) is 0 Å². The van der Waals surface area contributed by atoms with Gasteiger partial charge in [0, 0.05) is 20.9 Å². The Morgan fingerprint density at radius 2 is 1.70 bits per heavy atom. The molecule has 0 unspecified atom stereocenters. The average molecular weight is 276 g/mol. The highest BCUT2D eigenvalue weighted by atomic mass is 32.1. The molecule has 20 heavy (non-hydrogen) atoms. The summed E-state index contributed by atoms with van der Waals surface area (Å²) in [5, 5.41) is 15.9. The first-order chi connectivity index (χ1) is 9.93. The molecule has 5 rings (SSSR count). The van der Waals surface area contributed by atoms with Crippen LogP contribution in [0, 0.1) is 0 Å². The van der Waals surface area contributed by atoms with E-state index in [0.29, 0.717) is 0 Å². The normalized spacial score (nSPS) is 12.0. The van der Waals surface area contributed by atoms with Crippen molar-refractivity contribution in [3.05, 3.63) is 48.5 Å². The molecule has 5 heteroatoms. The second-order valence-electron chi connectivity index (χ2n) is 4.73. The highest BCUT2D eigenvalue weighted by Crippen LogP contribution is 2.39. The van der Waals surface area contributed by atoms with Crippen molar-refractivity contribution in [3.8, 4) is 0 Å². The van der Waals surface area contributed by atoms with Gasteiger partial charge in [0.2, 0.25) is 0 Å².